The number of hydrogen-bond donors (Lipinski definition) is 1. The molecule has 1 aliphatic rings. The van der Waals surface area contributed by atoms with Gasteiger partial charge < -0.3 is 10.2 Å². The van der Waals surface area contributed by atoms with Crippen LogP contribution >= 0.6 is 0 Å². The van der Waals surface area contributed by atoms with Crippen molar-refractivity contribution in [3.8, 4) is 0 Å². The lowest BCUT2D eigenvalue weighted by atomic mass is 10.1. The number of hydrogen-bond acceptors (Lipinski definition) is 4. The van der Waals surface area contributed by atoms with Crippen LogP contribution in [0.3, 0.4) is 0 Å². The Hall–Kier alpha value is -0.830. The van der Waals surface area contributed by atoms with Crippen LogP contribution in [0.15, 0.2) is 0 Å². The second kappa shape index (κ2) is 6.95. The van der Waals surface area contributed by atoms with Gasteiger partial charge in [-0.3, -0.25) is 4.79 Å². The van der Waals surface area contributed by atoms with E-state index in [0.717, 1.165) is 4.90 Å². The first kappa shape index (κ1) is 18.2. The number of carbonyl (C=O) groups excluding carboxylic acids is 1. The first-order valence-electron chi connectivity index (χ1n) is 6.77. The van der Waals surface area contributed by atoms with E-state index in [1.54, 1.807) is 13.8 Å². The van der Waals surface area contributed by atoms with Crippen molar-refractivity contribution in [2.24, 2.45) is 5.92 Å². The fourth-order valence-electron chi connectivity index (χ4n) is 2.25. The molecule has 5 nitrogen and oxygen atoms in total. The van der Waals surface area contributed by atoms with Crippen LogP contribution in [-0.4, -0.2) is 62.6 Å². The lowest BCUT2D eigenvalue weighted by molar-refractivity contribution is -0.162. The summed E-state index contributed by atoms with van der Waals surface area (Å²) in [6, 6.07) is -0.612. The zero-order valence-electron chi connectivity index (χ0n) is 12.1. The van der Waals surface area contributed by atoms with Crippen LogP contribution in [0.25, 0.3) is 0 Å². The minimum absolute atomic E-state index is 0.00217. The molecule has 0 spiro atoms. The molecule has 1 amide bonds. The minimum Gasteiger partial charge on any atom is -0.333 e. The molecule has 0 radical (unpaired) electrons. The zero-order chi connectivity index (χ0) is 16.3. The molecule has 1 rings (SSSR count). The Morgan fingerprint density at radius 3 is 2.48 bits per heavy atom. The third-order valence-electron chi connectivity index (χ3n) is 3.03. The number of sulfone groups is 1. The highest BCUT2D eigenvalue weighted by Gasteiger charge is 2.34. The Kier molecular flexibility index (Phi) is 6.03. The number of rotatable bonds is 5. The molecule has 1 heterocycles. The van der Waals surface area contributed by atoms with E-state index in [2.05, 4.69) is 5.32 Å². The van der Waals surface area contributed by atoms with Crippen LogP contribution in [0.5, 0.6) is 0 Å². The fraction of sp³-hybridized carbons (Fsp3) is 0.917. The molecule has 0 aromatic carbocycles. The molecule has 0 aromatic rings. The lowest BCUT2D eigenvalue weighted by Crippen LogP contribution is -2.49. The highest BCUT2D eigenvalue weighted by molar-refractivity contribution is 7.91. The van der Waals surface area contributed by atoms with Crippen LogP contribution in [0.2, 0.25) is 0 Å². The maximum atomic E-state index is 12.5. The van der Waals surface area contributed by atoms with E-state index in [1.807, 2.05) is 0 Å². The van der Waals surface area contributed by atoms with Gasteiger partial charge in [0.25, 0.3) is 0 Å². The summed E-state index contributed by atoms with van der Waals surface area (Å²) in [6.07, 6.45) is -4.70. The Bertz CT molecular complexity index is 463. The highest BCUT2D eigenvalue weighted by atomic mass is 32.2. The van der Waals surface area contributed by atoms with E-state index in [9.17, 15) is 26.4 Å². The van der Waals surface area contributed by atoms with Gasteiger partial charge in [0.2, 0.25) is 5.91 Å². The molecular weight excluding hydrogens is 309 g/mol. The maximum Gasteiger partial charge on any atom is 0.406 e. The summed E-state index contributed by atoms with van der Waals surface area (Å²) in [7, 11) is -3.22. The van der Waals surface area contributed by atoms with E-state index in [-0.39, 0.29) is 36.9 Å². The molecule has 0 bridgehead atoms. The molecule has 1 saturated heterocycles. The number of nitrogens with zero attached hydrogens (tertiary/aromatic N) is 1. The topological polar surface area (TPSA) is 66.5 Å². The van der Waals surface area contributed by atoms with Gasteiger partial charge in [-0.1, -0.05) is 13.8 Å². The Morgan fingerprint density at radius 2 is 2.00 bits per heavy atom. The number of nitrogens with one attached hydrogen (secondary N) is 1. The van der Waals surface area contributed by atoms with E-state index in [4.69, 9.17) is 0 Å². The van der Waals surface area contributed by atoms with Crippen LogP contribution in [0.4, 0.5) is 13.2 Å². The third kappa shape index (κ3) is 7.12. The van der Waals surface area contributed by atoms with E-state index in [1.165, 1.54) is 0 Å². The molecule has 1 fully saturated rings. The smallest absolute Gasteiger partial charge is 0.333 e. The summed E-state index contributed by atoms with van der Waals surface area (Å²) >= 11 is 0. The average Bonchev–Trinajstić information content (AvgIpc) is 2.23. The van der Waals surface area contributed by atoms with Gasteiger partial charge in [-0.05, 0) is 5.92 Å². The van der Waals surface area contributed by atoms with Crippen LogP contribution in [0.1, 0.15) is 20.3 Å². The monoisotopic (exact) mass is 330 g/mol. The van der Waals surface area contributed by atoms with Gasteiger partial charge in [0.15, 0.2) is 9.84 Å². The van der Waals surface area contributed by atoms with Gasteiger partial charge in [0.1, 0.15) is 6.54 Å². The SMILES string of the molecule is CC(C)CN(CC(F)(F)F)C(=O)CC1CS(=O)(=O)CCN1. The molecule has 1 N–H and O–H groups in total. The van der Waals surface area contributed by atoms with Gasteiger partial charge in [0, 0.05) is 25.6 Å². The van der Waals surface area contributed by atoms with Crippen molar-refractivity contribution in [3.63, 3.8) is 0 Å². The number of alkyl halides is 3. The Balaban J connectivity index is 2.67. The number of halogens is 3. The normalized spacial score (nSPS) is 22.3. The van der Waals surface area contributed by atoms with Crippen LogP contribution < -0.4 is 5.32 Å². The van der Waals surface area contributed by atoms with Gasteiger partial charge in [-0.2, -0.15) is 13.2 Å². The molecule has 21 heavy (non-hydrogen) atoms. The molecule has 9 heteroatoms. The second-order valence-electron chi connectivity index (χ2n) is 5.75. The lowest BCUT2D eigenvalue weighted by Gasteiger charge is -2.29. The second-order valence-corrected chi connectivity index (χ2v) is 7.98. The van der Waals surface area contributed by atoms with Crippen molar-refractivity contribution in [3.05, 3.63) is 0 Å². The summed E-state index contributed by atoms with van der Waals surface area (Å²) < 4.78 is 60.5. The fourth-order valence-corrected chi connectivity index (χ4v) is 3.69. The van der Waals surface area contributed by atoms with Crippen molar-refractivity contribution in [2.45, 2.75) is 32.5 Å². The highest BCUT2D eigenvalue weighted by Crippen LogP contribution is 2.18. The first-order valence-corrected chi connectivity index (χ1v) is 8.59. The summed E-state index contributed by atoms with van der Waals surface area (Å²) in [6.45, 7) is 2.37. The molecule has 0 aromatic heterocycles. The zero-order valence-corrected chi connectivity index (χ0v) is 12.9. The molecular formula is C12H21F3N2O3S. The van der Waals surface area contributed by atoms with Crippen LogP contribution in [0, 0.1) is 5.92 Å². The summed E-state index contributed by atoms with van der Waals surface area (Å²) in [5, 5.41) is 2.87. The predicted octanol–water partition coefficient (Wildman–Crippen LogP) is 0.810. The standard InChI is InChI=1S/C12H21F3N2O3S/c1-9(2)6-17(8-12(13,14)15)11(18)5-10-7-21(19,20)4-3-16-10/h9-10,16H,3-8H2,1-2H3. The van der Waals surface area contributed by atoms with Gasteiger partial charge in [-0.15, -0.1) is 0 Å². The molecule has 1 aliphatic heterocycles. The Morgan fingerprint density at radius 1 is 1.38 bits per heavy atom. The minimum atomic E-state index is -4.46. The molecule has 0 aliphatic carbocycles. The van der Waals surface area contributed by atoms with Crippen molar-refractivity contribution >= 4 is 15.7 Å². The van der Waals surface area contributed by atoms with Gasteiger partial charge in [-0.25, -0.2) is 8.42 Å². The van der Waals surface area contributed by atoms with E-state index < -0.39 is 34.5 Å². The maximum absolute atomic E-state index is 12.5. The van der Waals surface area contributed by atoms with Crippen LogP contribution in [-0.2, 0) is 14.6 Å². The average molecular weight is 330 g/mol. The molecule has 0 saturated carbocycles. The summed E-state index contributed by atoms with van der Waals surface area (Å²) in [5.41, 5.74) is 0. The van der Waals surface area contributed by atoms with Gasteiger partial charge >= 0.3 is 6.18 Å². The molecule has 124 valence electrons. The predicted molar refractivity (Wildman–Crippen MR) is 72.5 cm³/mol. The number of amides is 1. The van der Waals surface area contributed by atoms with E-state index in [0.29, 0.717) is 0 Å². The quantitative estimate of drug-likeness (QED) is 0.810. The summed E-state index contributed by atoms with van der Waals surface area (Å²) in [5.74, 6) is -0.981. The Labute approximate surface area is 122 Å². The van der Waals surface area contributed by atoms with Crippen molar-refractivity contribution in [2.75, 3.05) is 31.1 Å². The largest absolute Gasteiger partial charge is 0.406 e. The van der Waals surface area contributed by atoms with Crippen molar-refractivity contribution < 1.29 is 26.4 Å². The molecule has 1 unspecified atom stereocenters. The first-order chi connectivity index (χ1) is 9.48. The van der Waals surface area contributed by atoms with Crippen molar-refractivity contribution in [1.29, 1.82) is 0 Å². The molecule has 1 atom stereocenters. The van der Waals surface area contributed by atoms with Gasteiger partial charge in [0.05, 0.1) is 11.5 Å². The van der Waals surface area contributed by atoms with E-state index >= 15 is 0 Å². The third-order valence-corrected chi connectivity index (χ3v) is 4.77. The summed E-state index contributed by atoms with van der Waals surface area (Å²) in [4.78, 5) is 12.8. The van der Waals surface area contributed by atoms with Crippen molar-refractivity contribution in [1.82, 2.24) is 10.2 Å². The number of carbonyl (C=O) groups is 1.